The lowest BCUT2D eigenvalue weighted by atomic mass is 10.2. The van der Waals surface area contributed by atoms with Crippen molar-refractivity contribution in [3.63, 3.8) is 0 Å². The van der Waals surface area contributed by atoms with Crippen molar-refractivity contribution in [1.82, 2.24) is 5.32 Å². The molecule has 5 heteroatoms. The van der Waals surface area contributed by atoms with E-state index in [-0.39, 0.29) is 6.54 Å². The van der Waals surface area contributed by atoms with Gasteiger partial charge in [0, 0.05) is 5.75 Å². The average molecular weight is 248 g/mol. The maximum Gasteiger partial charge on any atom is 0.264 e. The van der Waals surface area contributed by atoms with Gasteiger partial charge in [0.2, 0.25) is 0 Å². The van der Waals surface area contributed by atoms with Crippen LogP contribution in [0.1, 0.15) is 5.56 Å². The first-order valence-electron chi connectivity index (χ1n) is 4.91. The van der Waals surface area contributed by atoms with Crippen molar-refractivity contribution in [2.75, 3.05) is 6.54 Å². The molecule has 0 aliphatic carbocycles. The van der Waals surface area contributed by atoms with Crippen molar-refractivity contribution in [1.29, 1.82) is 0 Å². The Labute approximate surface area is 104 Å². The van der Waals surface area contributed by atoms with Gasteiger partial charge in [-0.2, -0.15) is 0 Å². The van der Waals surface area contributed by atoms with E-state index in [1.807, 2.05) is 30.3 Å². The molecule has 0 fully saturated rings. The first-order valence-corrected chi connectivity index (χ1v) is 5.90. The van der Waals surface area contributed by atoms with E-state index in [0.29, 0.717) is 10.8 Å². The maximum absolute atomic E-state index is 10.4. The predicted octanol–water partition coefficient (Wildman–Crippen LogP) is 2.22. The fourth-order valence-corrected chi connectivity index (χ4v) is 1.95. The van der Waals surface area contributed by atoms with Crippen LogP contribution in [0, 0.1) is 22.5 Å². The molecule has 0 heterocycles. The van der Waals surface area contributed by atoms with Gasteiger partial charge in [-0.3, -0.25) is 10.1 Å². The van der Waals surface area contributed by atoms with Crippen LogP contribution in [0.4, 0.5) is 0 Å². The van der Waals surface area contributed by atoms with Crippen LogP contribution in [-0.4, -0.2) is 11.5 Å². The zero-order valence-electron chi connectivity index (χ0n) is 9.13. The molecular weight excluding hydrogens is 236 g/mol. The maximum atomic E-state index is 10.4. The number of nitrogens with zero attached hydrogens (tertiary/aromatic N) is 1. The Kier molecular flexibility index (Phi) is 5.69. The zero-order chi connectivity index (χ0) is 12.5. The van der Waals surface area contributed by atoms with Crippen molar-refractivity contribution in [2.45, 2.75) is 5.75 Å². The molecule has 4 nitrogen and oxygen atoms in total. The highest BCUT2D eigenvalue weighted by atomic mass is 32.2. The fourth-order valence-electron chi connectivity index (χ4n) is 1.10. The molecule has 0 aromatic heterocycles. The lowest BCUT2D eigenvalue weighted by Crippen LogP contribution is -2.12. The second kappa shape index (κ2) is 7.36. The Bertz CT molecular complexity index is 438. The minimum Gasteiger partial charge on any atom is -0.364 e. The summed E-state index contributed by atoms with van der Waals surface area (Å²) in [5.74, 6) is 3.05. The van der Waals surface area contributed by atoms with Crippen LogP contribution >= 0.6 is 11.8 Å². The molecule has 0 spiro atoms. The number of thioether (sulfide) groups is 1. The summed E-state index contributed by atoms with van der Waals surface area (Å²) in [6, 6.07) is 9.73. The summed E-state index contributed by atoms with van der Waals surface area (Å²) in [5.41, 5.74) is 1.11. The Morgan fingerprint density at radius 1 is 1.53 bits per heavy atom. The van der Waals surface area contributed by atoms with E-state index in [1.165, 1.54) is 11.8 Å². The fraction of sp³-hybridized carbons (Fsp3) is 0.167. The third-order valence-corrected chi connectivity index (χ3v) is 2.86. The van der Waals surface area contributed by atoms with Gasteiger partial charge in [0.15, 0.2) is 0 Å². The summed E-state index contributed by atoms with van der Waals surface area (Å²) in [5, 5.41) is 13.7. The second-order valence-corrected chi connectivity index (χ2v) is 4.13. The Balaban J connectivity index is 2.56. The molecular formula is C12H12N2O2S. The largest absolute Gasteiger partial charge is 0.364 e. The summed E-state index contributed by atoms with van der Waals surface area (Å²) in [6.07, 6.45) is 6.03. The van der Waals surface area contributed by atoms with E-state index >= 15 is 0 Å². The number of nitro groups is 1. The summed E-state index contributed by atoms with van der Waals surface area (Å²) in [7, 11) is 0. The van der Waals surface area contributed by atoms with Crippen LogP contribution < -0.4 is 5.32 Å². The molecule has 0 aliphatic rings. The zero-order valence-corrected chi connectivity index (χ0v) is 9.94. The SMILES string of the molecule is C#CCN/C(=C\[N+](=O)[O-])SCc1ccccc1. The summed E-state index contributed by atoms with van der Waals surface area (Å²) >= 11 is 1.36. The van der Waals surface area contributed by atoms with E-state index in [2.05, 4.69) is 11.2 Å². The summed E-state index contributed by atoms with van der Waals surface area (Å²) in [4.78, 5) is 9.92. The smallest absolute Gasteiger partial charge is 0.264 e. The van der Waals surface area contributed by atoms with Crippen molar-refractivity contribution >= 4 is 11.8 Å². The van der Waals surface area contributed by atoms with Gasteiger partial charge >= 0.3 is 0 Å². The van der Waals surface area contributed by atoms with Gasteiger partial charge in [-0.25, -0.2) is 0 Å². The quantitative estimate of drug-likeness (QED) is 0.476. The number of rotatable bonds is 6. The van der Waals surface area contributed by atoms with Gasteiger partial charge < -0.3 is 5.32 Å². The molecule has 0 saturated heterocycles. The lowest BCUT2D eigenvalue weighted by Gasteiger charge is -2.05. The third-order valence-electron chi connectivity index (χ3n) is 1.82. The van der Waals surface area contributed by atoms with E-state index < -0.39 is 4.92 Å². The number of terminal acetylenes is 1. The normalized spacial score (nSPS) is 10.6. The minimum atomic E-state index is -0.489. The molecule has 0 aliphatic heterocycles. The van der Waals surface area contributed by atoms with Crippen LogP contribution in [0.3, 0.4) is 0 Å². The van der Waals surface area contributed by atoms with Gasteiger partial charge in [0.05, 0.1) is 11.5 Å². The molecule has 88 valence electrons. The third kappa shape index (κ3) is 5.64. The van der Waals surface area contributed by atoms with Crippen molar-refractivity contribution < 1.29 is 4.92 Å². The van der Waals surface area contributed by atoms with Crippen molar-refractivity contribution in [2.24, 2.45) is 0 Å². The Morgan fingerprint density at radius 3 is 2.82 bits per heavy atom. The highest BCUT2D eigenvalue weighted by Crippen LogP contribution is 2.18. The van der Waals surface area contributed by atoms with Gasteiger partial charge in [0.25, 0.3) is 6.20 Å². The molecule has 1 aromatic rings. The Morgan fingerprint density at radius 2 is 2.24 bits per heavy atom. The molecule has 1 aromatic carbocycles. The molecule has 0 amide bonds. The van der Waals surface area contributed by atoms with Crippen molar-refractivity contribution in [3.05, 3.63) is 57.2 Å². The molecule has 0 bridgehead atoms. The van der Waals surface area contributed by atoms with E-state index in [9.17, 15) is 10.1 Å². The standard InChI is InChI=1S/C12H12N2O2S/c1-2-8-13-12(9-14(15)16)17-10-11-6-4-3-5-7-11/h1,3-7,9,13H,8,10H2/b12-9+. The van der Waals surface area contributed by atoms with Gasteiger partial charge in [-0.1, -0.05) is 48.0 Å². The number of benzene rings is 1. The molecule has 17 heavy (non-hydrogen) atoms. The number of hydrogen-bond donors (Lipinski definition) is 1. The van der Waals surface area contributed by atoms with Gasteiger partial charge in [-0.05, 0) is 5.56 Å². The van der Waals surface area contributed by atoms with E-state index in [1.54, 1.807) is 0 Å². The Hall–Kier alpha value is -1.93. The number of nitrogens with one attached hydrogen (secondary N) is 1. The molecule has 0 unspecified atom stereocenters. The van der Waals surface area contributed by atoms with Crippen LogP contribution in [0.25, 0.3) is 0 Å². The topological polar surface area (TPSA) is 55.2 Å². The van der Waals surface area contributed by atoms with E-state index in [0.717, 1.165) is 11.8 Å². The van der Waals surface area contributed by atoms with Gasteiger partial charge in [-0.15, -0.1) is 6.42 Å². The predicted molar refractivity (Wildman–Crippen MR) is 69.7 cm³/mol. The molecule has 1 rings (SSSR count). The lowest BCUT2D eigenvalue weighted by molar-refractivity contribution is -0.403. The summed E-state index contributed by atoms with van der Waals surface area (Å²) < 4.78 is 0. The van der Waals surface area contributed by atoms with Crippen molar-refractivity contribution in [3.8, 4) is 12.3 Å². The first kappa shape index (κ1) is 13.1. The molecule has 0 radical (unpaired) electrons. The first-order chi connectivity index (χ1) is 8.22. The monoisotopic (exact) mass is 248 g/mol. The van der Waals surface area contributed by atoms with Crippen LogP contribution in [-0.2, 0) is 5.75 Å². The van der Waals surface area contributed by atoms with Crippen LogP contribution in [0.2, 0.25) is 0 Å². The highest BCUT2D eigenvalue weighted by Gasteiger charge is 2.03. The number of hydrogen-bond acceptors (Lipinski definition) is 4. The highest BCUT2D eigenvalue weighted by molar-refractivity contribution is 8.02. The molecule has 0 atom stereocenters. The average Bonchev–Trinajstić information content (AvgIpc) is 2.33. The molecule has 1 N–H and O–H groups in total. The van der Waals surface area contributed by atoms with Crippen LogP contribution in [0.15, 0.2) is 41.6 Å². The van der Waals surface area contributed by atoms with E-state index in [4.69, 9.17) is 6.42 Å². The minimum absolute atomic E-state index is 0.279. The van der Waals surface area contributed by atoms with Gasteiger partial charge in [0.1, 0.15) is 5.03 Å². The second-order valence-electron chi connectivity index (χ2n) is 3.11. The summed E-state index contributed by atoms with van der Waals surface area (Å²) in [6.45, 7) is 0.279. The molecule has 0 saturated carbocycles. The van der Waals surface area contributed by atoms with Crippen LogP contribution in [0.5, 0.6) is 0 Å².